The van der Waals surface area contributed by atoms with Crippen molar-refractivity contribution in [1.82, 2.24) is 19.9 Å². The molecule has 0 unspecified atom stereocenters. The molecule has 7 heteroatoms. The molecule has 0 spiro atoms. The Labute approximate surface area is 165 Å². The number of pyridine rings is 1. The summed E-state index contributed by atoms with van der Waals surface area (Å²) in [6.45, 7) is 6.49. The van der Waals surface area contributed by atoms with Crippen molar-refractivity contribution in [3.05, 3.63) is 36.4 Å². The van der Waals surface area contributed by atoms with E-state index in [-0.39, 0.29) is 11.8 Å². The van der Waals surface area contributed by atoms with Crippen LogP contribution in [0.25, 0.3) is 11.1 Å². The van der Waals surface area contributed by atoms with E-state index in [1.807, 2.05) is 36.4 Å². The highest BCUT2D eigenvalue weighted by Crippen LogP contribution is 2.34. The van der Waals surface area contributed by atoms with Gasteiger partial charge in [0.05, 0.1) is 18.9 Å². The molecule has 1 amide bonds. The number of morpholine rings is 1. The molecule has 1 atom stereocenters. The number of piperidine rings is 1. The van der Waals surface area contributed by atoms with Crippen LogP contribution in [0, 0.1) is 0 Å². The van der Waals surface area contributed by atoms with Crippen LogP contribution in [0.1, 0.15) is 37.8 Å². The molecule has 0 radical (unpaired) electrons. The average molecular weight is 381 g/mol. The summed E-state index contributed by atoms with van der Waals surface area (Å²) in [4.78, 5) is 30.4. The molecule has 0 saturated carbocycles. The predicted octanol–water partition coefficient (Wildman–Crippen LogP) is 2.49. The summed E-state index contributed by atoms with van der Waals surface area (Å²) in [6, 6.07) is 3.98. The third-order valence-electron chi connectivity index (χ3n) is 5.54. The number of hydrogen-bond donors (Lipinski definition) is 0. The number of ether oxygens (including phenoxy) is 1. The second-order valence-electron chi connectivity index (χ2n) is 7.34. The maximum Gasteiger partial charge on any atom is 0.225 e. The number of anilines is 1. The van der Waals surface area contributed by atoms with Crippen molar-refractivity contribution in [3.63, 3.8) is 0 Å². The number of rotatable bonds is 4. The Bertz CT molecular complexity index is 808. The maximum atomic E-state index is 12.3. The number of aromatic nitrogens is 3. The third-order valence-corrected chi connectivity index (χ3v) is 5.54. The Hall–Kier alpha value is -2.54. The molecular formula is C21H27N5O2. The van der Waals surface area contributed by atoms with Crippen LogP contribution in [-0.4, -0.2) is 65.2 Å². The highest BCUT2D eigenvalue weighted by atomic mass is 16.5. The fourth-order valence-electron chi connectivity index (χ4n) is 4.01. The maximum absolute atomic E-state index is 12.3. The summed E-state index contributed by atoms with van der Waals surface area (Å²) < 4.78 is 5.46. The molecule has 2 saturated heterocycles. The Balaban J connectivity index is 1.70. The van der Waals surface area contributed by atoms with Crippen LogP contribution in [0.3, 0.4) is 0 Å². The first-order valence-electron chi connectivity index (χ1n) is 10.1. The van der Waals surface area contributed by atoms with Crippen molar-refractivity contribution < 1.29 is 9.53 Å². The van der Waals surface area contributed by atoms with Crippen LogP contribution in [0.2, 0.25) is 0 Å². The Morgan fingerprint density at radius 1 is 1.25 bits per heavy atom. The van der Waals surface area contributed by atoms with Crippen molar-refractivity contribution in [3.8, 4) is 11.1 Å². The van der Waals surface area contributed by atoms with Gasteiger partial charge in [-0.2, -0.15) is 0 Å². The molecule has 4 heterocycles. The lowest BCUT2D eigenvalue weighted by atomic mass is 9.90. The Morgan fingerprint density at radius 2 is 2.11 bits per heavy atom. The van der Waals surface area contributed by atoms with Gasteiger partial charge >= 0.3 is 0 Å². The van der Waals surface area contributed by atoms with Gasteiger partial charge in [0.2, 0.25) is 11.9 Å². The lowest BCUT2D eigenvalue weighted by molar-refractivity contribution is -0.132. The van der Waals surface area contributed by atoms with Crippen molar-refractivity contribution in [2.24, 2.45) is 0 Å². The summed E-state index contributed by atoms with van der Waals surface area (Å²) in [7, 11) is 0. The van der Waals surface area contributed by atoms with Gasteiger partial charge in [-0.25, -0.2) is 9.97 Å². The standard InChI is InChI=1S/C21H27N5O2/c1-2-19(27)26-8-4-6-17(15-26)20-18(16-5-3-7-22-13-16)14-23-21(24-20)25-9-11-28-12-10-25/h3,5,7,13-14,17H,2,4,6,8-12,15H2,1H3/t17-/m0/s1. The SMILES string of the molecule is CCC(=O)N1CCC[C@H](c2nc(N3CCOCC3)ncc2-c2cccnc2)C1. The molecule has 2 aliphatic rings. The number of amides is 1. The van der Waals surface area contributed by atoms with Gasteiger partial charge in [-0.3, -0.25) is 9.78 Å². The zero-order valence-corrected chi connectivity index (χ0v) is 16.4. The number of carbonyl (C=O) groups is 1. The fraction of sp³-hybridized carbons (Fsp3) is 0.524. The first-order valence-corrected chi connectivity index (χ1v) is 10.1. The van der Waals surface area contributed by atoms with E-state index in [9.17, 15) is 4.79 Å². The van der Waals surface area contributed by atoms with Gasteiger partial charge in [0, 0.05) is 68.2 Å². The molecule has 4 rings (SSSR count). The van der Waals surface area contributed by atoms with E-state index in [1.54, 1.807) is 6.20 Å². The number of hydrogen-bond acceptors (Lipinski definition) is 6. The van der Waals surface area contributed by atoms with Crippen molar-refractivity contribution in [1.29, 1.82) is 0 Å². The largest absolute Gasteiger partial charge is 0.378 e. The molecule has 148 valence electrons. The van der Waals surface area contributed by atoms with Gasteiger partial charge in [-0.15, -0.1) is 0 Å². The van der Waals surface area contributed by atoms with Crippen LogP contribution in [0.15, 0.2) is 30.7 Å². The molecule has 2 fully saturated rings. The highest BCUT2D eigenvalue weighted by molar-refractivity contribution is 5.76. The van der Waals surface area contributed by atoms with E-state index in [1.165, 1.54) is 0 Å². The average Bonchev–Trinajstić information content (AvgIpc) is 2.79. The van der Waals surface area contributed by atoms with Gasteiger partial charge in [-0.05, 0) is 18.9 Å². The van der Waals surface area contributed by atoms with Crippen LogP contribution in [0.4, 0.5) is 5.95 Å². The number of nitrogens with zero attached hydrogens (tertiary/aromatic N) is 5. The molecule has 0 bridgehead atoms. The third kappa shape index (κ3) is 3.99. The number of likely N-dealkylation sites (tertiary alicyclic amines) is 1. The first-order chi connectivity index (χ1) is 13.8. The van der Waals surface area contributed by atoms with Gasteiger partial charge in [0.25, 0.3) is 0 Å². The second kappa shape index (κ2) is 8.65. The quantitative estimate of drug-likeness (QED) is 0.810. The lowest BCUT2D eigenvalue weighted by Crippen LogP contribution is -2.40. The van der Waals surface area contributed by atoms with Crippen molar-refractivity contribution in [2.45, 2.75) is 32.1 Å². The van der Waals surface area contributed by atoms with E-state index in [0.717, 1.165) is 61.8 Å². The number of carbonyl (C=O) groups excluding carboxylic acids is 1. The monoisotopic (exact) mass is 381 g/mol. The van der Waals surface area contributed by atoms with Gasteiger partial charge in [0.1, 0.15) is 0 Å². The van der Waals surface area contributed by atoms with E-state index < -0.39 is 0 Å². The second-order valence-corrected chi connectivity index (χ2v) is 7.34. The molecule has 28 heavy (non-hydrogen) atoms. The van der Waals surface area contributed by atoms with E-state index in [2.05, 4.69) is 14.9 Å². The minimum absolute atomic E-state index is 0.210. The zero-order chi connectivity index (χ0) is 19.3. The summed E-state index contributed by atoms with van der Waals surface area (Å²) in [5, 5.41) is 0. The molecule has 2 aromatic rings. The van der Waals surface area contributed by atoms with Gasteiger partial charge in [-0.1, -0.05) is 13.0 Å². The van der Waals surface area contributed by atoms with Crippen molar-refractivity contribution in [2.75, 3.05) is 44.3 Å². The molecule has 0 aliphatic carbocycles. The van der Waals surface area contributed by atoms with E-state index in [4.69, 9.17) is 9.72 Å². The Morgan fingerprint density at radius 3 is 2.86 bits per heavy atom. The lowest BCUT2D eigenvalue weighted by Gasteiger charge is -2.34. The molecule has 0 aromatic carbocycles. The van der Waals surface area contributed by atoms with Crippen LogP contribution < -0.4 is 4.90 Å². The van der Waals surface area contributed by atoms with Crippen LogP contribution >= 0.6 is 0 Å². The summed E-state index contributed by atoms with van der Waals surface area (Å²) >= 11 is 0. The smallest absolute Gasteiger partial charge is 0.225 e. The molecule has 2 aromatic heterocycles. The van der Waals surface area contributed by atoms with Crippen LogP contribution in [-0.2, 0) is 9.53 Å². The molecular weight excluding hydrogens is 354 g/mol. The Kier molecular flexibility index (Phi) is 5.81. The minimum Gasteiger partial charge on any atom is -0.378 e. The van der Waals surface area contributed by atoms with Gasteiger partial charge < -0.3 is 14.5 Å². The normalized spacial score (nSPS) is 20.2. The fourth-order valence-corrected chi connectivity index (χ4v) is 4.01. The summed E-state index contributed by atoms with van der Waals surface area (Å²) in [5.41, 5.74) is 3.06. The predicted molar refractivity (Wildman–Crippen MR) is 107 cm³/mol. The molecule has 0 N–H and O–H groups in total. The first kappa shape index (κ1) is 18.8. The zero-order valence-electron chi connectivity index (χ0n) is 16.4. The molecule has 2 aliphatic heterocycles. The van der Waals surface area contributed by atoms with Crippen molar-refractivity contribution >= 4 is 11.9 Å². The van der Waals surface area contributed by atoms with Crippen LogP contribution in [0.5, 0.6) is 0 Å². The van der Waals surface area contributed by atoms with E-state index >= 15 is 0 Å². The van der Waals surface area contributed by atoms with Gasteiger partial charge in [0.15, 0.2) is 0 Å². The highest BCUT2D eigenvalue weighted by Gasteiger charge is 2.28. The van der Waals surface area contributed by atoms with E-state index in [0.29, 0.717) is 19.6 Å². The minimum atomic E-state index is 0.210. The summed E-state index contributed by atoms with van der Waals surface area (Å²) in [6.07, 6.45) is 8.12. The molecule has 7 nitrogen and oxygen atoms in total. The summed E-state index contributed by atoms with van der Waals surface area (Å²) in [5.74, 6) is 1.18. The topological polar surface area (TPSA) is 71.5 Å².